The number of carboxylic acid groups (broad SMARTS) is 1. The van der Waals surface area contributed by atoms with Crippen molar-refractivity contribution in [2.24, 2.45) is 0 Å². The number of hydrogen-bond donors (Lipinski definition) is 3. The van der Waals surface area contributed by atoms with Gasteiger partial charge in [-0.25, -0.2) is 9.78 Å². The van der Waals surface area contributed by atoms with Crippen LogP contribution in [0.2, 0.25) is 20.4 Å². The van der Waals surface area contributed by atoms with Crippen LogP contribution < -0.4 is 10.6 Å². The molecule has 2 aromatic heterocycles. The maximum atomic E-state index is 12.5. The Bertz CT molecular complexity index is 1090. The highest BCUT2D eigenvalue weighted by atomic mass is 35.5. The van der Waals surface area contributed by atoms with E-state index >= 15 is 0 Å². The van der Waals surface area contributed by atoms with Gasteiger partial charge in [-0.3, -0.25) is 9.78 Å². The van der Waals surface area contributed by atoms with Gasteiger partial charge in [0.05, 0.1) is 15.7 Å². The molecule has 3 N–H and O–H groups in total. The van der Waals surface area contributed by atoms with Crippen LogP contribution in [0.25, 0.3) is 0 Å². The van der Waals surface area contributed by atoms with E-state index in [0.717, 1.165) is 0 Å². The molecule has 1 unspecified atom stereocenters. The minimum atomic E-state index is -1.06. The SMILES string of the molecule is O=C(Nc1c(Cl)cncc1Cl)c1ccc(CC(Nc2cc(Cl)nc(Cl)c2)C(=O)O)cc1. The lowest BCUT2D eigenvalue weighted by Gasteiger charge is -2.16. The van der Waals surface area contributed by atoms with Gasteiger partial charge in [0.25, 0.3) is 5.91 Å². The molecule has 7 nitrogen and oxygen atoms in total. The van der Waals surface area contributed by atoms with Crippen LogP contribution in [-0.4, -0.2) is 33.0 Å². The first kappa shape index (κ1) is 23.1. The monoisotopic (exact) mass is 498 g/mol. The predicted molar refractivity (Wildman–Crippen MR) is 122 cm³/mol. The van der Waals surface area contributed by atoms with Crippen LogP contribution in [0.3, 0.4) is 0 Å². The number of carbonyl (C=O) groups excluding carboxylic acids is 1. The molecule has 0 fully saturated rings. The van der Waals surface area contributed by atoms with Crippen molar-refractivity contribution in [3.05, 3.63) is 80.3 Å². The molecule has 0 bridgehead atoms. The molecule has 0 saturated heterocycles. The fourth-order valence-corrected chi connectivity index (χ4v) is 3.61. The van der Waals surface area contributed by atoms with E-state index in [2.05, 4.69) is 20.6 Å². The Balaban J connectivity index is 1.70. The molecule has 0 aliphatic heterocycles. The molecular formula is C20H14Cl4N4O3. The Morgan fingerprint density at radius 1 is 0.968 bits per heavy atom. The lowest BCUT2D eigenvalue weighted by molar-refractivity contribution is -0.137. The van der Waals surface area contributed by atoms with Crippen LogP contribution in [0.1, 0.15) is 15.9 Å². The van der Waals surface area contributed by atoms with Crippen LogP contribution in [0.15, 0.2) is 48.8 Å². The van der Waals surface area contributed by atoms with E-state index in [-0.39, 0.29) is 32.5 Å². The Morgan fingerprint density at radius 3 is 2.10 bits per heavy atom. The summed E-state index contributed by atoms with van der Waals surface area (Å²) in [5.41, 5.74) is 1.74. The minimum absolute atomic E-state index is 0.143. The van der Waals surface area contributed by atoms with Crippen LogP contribution >= 0.6 is 46.4 Å². The molecule has 1 amide bonds. The number of anilines is 2. The van der Waals surface area contributed by atoms with Crippen molar-refractivity contribution in [1.29, 1.82) is 0 Å². The van der Waals surface area contributed by atoms with Crippen LogP contribution in [0.5, 0.6) is 0 Å². The van der Waals surface area contributed by atoms with Gasteiger partial charge in [-0.2, -0.15) is 0 Å². The molecule has 31 heavy (non-hydrogen) atoms. The molecule has 160 valence electrons. The van der Waals surface area contributed by atoms with Crippen molar-refractivity contribution < 1.29 is 14.7 Å². The first-order valence-electron chi connectivity index (χ1n) is 8.74. The third kappa shape index (κ3) is 6.21. The first-order valence-corrected chi connectivity index (χ1v) is 10.3. The molecular weight excluding hydrogens is 486 g/mol. The summed E-state index contributed by atoms with van der Waals surface area (Å²) in [5.74, 6) is -1.48. The number of halogens is 4. The van der Waals surface area contributed by atoms with E-state index in [4.69, 9.17) is 46.4 Å². The summed E-state index contributed by atoms with van der Waals surface area (Å²) in [6, 6.07) is 8.48. The second-order valence-electron chi connectivity index (χ2n) is 6.37. The number of nitrogens with zero attached hydrogens (tertiary/aromatic N) is 2. The van der Waals surface area contributed by atoms with E-state index in [0.29, 0.717) is 16.8 Å². The zero-order valence-electron chi connectivity index (χ0n) is 15.6. The number of benzene rings is 1. The number of carbonyl (C=O) groups is 2. The molecule has 2 heterocycles. The summed E-state index contributed by atoms with van der Waals surface area (Å²) >= 11 is 23.7. The second-order valence-corrected chi connectivity index (χ2v) is 7.96. The second kappa shape index (κ2) is 10.2. The van der Waals surface area contributed by atoms with Crippen LogP contribution in [-0.2, 0) is 11.2 Å². The highest BCUT2D eigenvalue weighted by molar-refractivity contribution is 6.39. The summed E-state index contributed by atoms with van der Waals surface area (Å²) < 4.78 is 0. The maximum absolute atomic E-state index is 12.5. The van der Waals surface area contributed by atoms with E-state index in [1.807, 2.05) is 0 Å². The summed E-state index contributed by atoms with van der Waals surface area (Å²) in [7, 11) is 0. The van der Waals surface area contributed by atoms with Gasteiger partial charge >= 0.3 is 5.97 Å². The zero-order chi connectivity index (χ0) is 22.5. The smallest absolute Gasteiger partial charge is 0.326 e. The van der Waals surface area contributed by atoms with Crippen molar-refractivity contribution in [3.8, 4) is 0 Å². The topological polar surface area (TPSA) is 104 Å². The van der Waals surface area contributed by atoms with E-state index < -0.39 is 17.9 Å². The van der Waals surface area contributed by atoms with Crippen molar-refractivity contribution >= 4 is 69.7 Å². The molecule has 1 aromatic carbocycles. The molecule has 3 aromatic rings. The van der Waals surface area contributed by atoms with Gasteiger partial charge in [-0.05, 0) is 29.8 Å². The van der Waals surface area contributed by atoms with Gasteiger partial charge in [0.1, 0.15) is 16.3 Å². The Morgan fingerprint density at radius 2 is 1.55 bits per heavy atom. The third-order valence-electron chi connectivity index (χ3n) is 4.15. The quantitative estimate of drug-likeness (QED) is 0.373. The molecule has 0 spiro atoms. The lowest BCUT2D eigenvalue weighted by atomic mass is 10.0. The van der Waals surface area contributed by atoms with Gasteiger partial charge in [0.15, 0.2) is 0 Å². The van der Waals surface area contributed by atoms with E-state index in [1.165, 1.54) is 24.5 Å². The van der Waals surface area contributed by atoms with Gasteiger partial charge in [-0.1, -0.05) is 58.5 Å². The lowest BCUT2D eigenvalue weighted by Crippen LogP contribution is -2.31. The first-order chi connectivity index (χ1) is 14.7. The number of aromatic nitrogens is 2. The van der Waals surface area contributed by atoms with Crippen molar-refractivity contribution in [3.63, 3.8) is 0 Å². The van der Waals surface area contributed by atoms with Crippen molar-refractivity contribution in [2.45, 2.75) is 12.5 Å². The highest BCUT2D eigenvalue weighted by Crippen LogP contribution is 2.29. The molecule has 0 aliphatic carbocycles. The van der Waals surface area contributed by atoms with Gasteiger partial charge < -0.3 is 15.7 Å². The van der Waals surface area contributed by atoms with E-state index in [9.17, 15) is 14.7 Å². The van der Waals surface area contributed by atoms with Crippen molar-refractivity contribution in [2.75, 3.05) is 10.6 Å². The van der Waals surface area contributed by atoms with Gasteiger partial charge in [0, 0.05) is 30.1 Å². The van der Waals surface area contributed by atoms with Crippen LogP contribution in [0.4, 0.5) is 11.4 Å². The minimum Gasteiger partial charge on any atom is -0.480 e. The largest absolute Gasteiger partial charge is 0.480 e. The number of rotatable bonds is 7. The number of hydrogen-bond acceptors (Lipinski definition) is 5. The number of nitrogens with one attached hydrogen (secondary N) is 2. The summed E-state index contributed by atoms with van der Waals surface area (Å²) in [4.78, 5) is 31.8. The average molecular weight is 500 g/mol. The molecule has 0 radical (unpaired) electrons. The third-order valence-corrected chi connectivity index (χ3v) is 5.11. The van der Waals surface area contributed by atoms with Crippen LogP contribution in [0, 0.1) is 0 Å². The fourth-order valence-electron chi connectivity index (χ4n) is 2.69. The number of amides is 1. The Labute approximate surface area is 197 Å². The molecule has 3 rings (SSSR count). The maximum Gasteiger partial charge on any atom is 0.326 e. The molecule has 1 atom stereocenters. The van der Waals surface area contributed by atoms with E-state index in [1.54, 1.807) is 24.3 Å². The normalized spacial score (nSPS) is 11.6. The summed E-state index contributed by atoms with van der Waals surface area (Å²) in [5, 5.41) is 15.8. The van der Waals surface area contributed by atoms with Gasteiger partial charge in [-0.15, -0.1) is 0 Å². The zero-order valence-corrected chi connectivity index (χ0v) is 18.6. The number of aliphatic carboxylic acids is 1. The average Bonchev–Trinajstić information content (AvgIpc) is 2.70. The highest BCUT2D eigenvalue weighted by Gasteiger charge is 2.19. The fraction of sp³-hybridized carbons (Fsp3) is 0.100. The summed E-state index contributed by atoms with van der Waals surface area (Å²) in [6.45, 7) is 0. The predicted octanol–water partition coefficient (Wildman–Crippen LogP) is 5.45. The number of pyridine rings is 2. The standard InChI is InChI=1S/C20H14Cl4N4O3/c21-13-8-25-9-14(22)18(13)28-19(29)11-3-1-10(2-4-11)5-15(20(30)31)26-12-6-16(23)27-17(24)7-12/h1-4,6-9,15H,5H2,(H,26,27)(H,30,31)(H,25,28,29). The molecule has 0 aliphatic rings. The Kier molecular flexibility index (Phi) is 7.56. The van der Waals surface area contributed by atoms with Gasteiger partial charge in [0.2, 0.25) is 0 Å². The van der Waals surface area contributed by atoms with Crippen molar-refractivity contribution in [1.82, 2.24) is 9.97 Å². The summed E-state index contributed by atoms with van der Waals surface area (Å²) in [6.07, 6.45) is 2.89. The molecule has 11 heteroatoms. The number of carboxylic acids is 1. The molecule has 0 saturated carbocycles. The Hall–Kier alpha value is -2.58.